The zero-order chi connectivity index (χ0) is 13.0. The van der Waals surface area contributed by atoms with Crippen LogP contribution in [0.2, 0.25) is 0 Å². The van der Waals surface area contributed by atoms with Crippen molar-refractivity contribution in [2.24, 2.45) is 5.73 Å². The lowest BCUT2D eigenvalue weighted by molar-refractivity contribution is 0.107. The first-order chi connectivity index (χ1) is 8.68. The summed E-state index contributed by atoms with van der Waals surface area (Å²) in [6.07, 6.45) is 0. The first kappa shape index (κ1) is 12.7. The van der Waals surface area contributed by atoms with Crippen molar-refractivity contribution >= 4 is 17.2 Å². The largest absolute Gasteiger partial charge is 0.384 e. The number of hydrogen-bond donors (Lipinski definition) is 2. The lowest BCUT2D eigenvalue weighted by Crippen LogP contribution is -2.14. The molecule has 18 heavy (non-hydrogen) atoms. The summed E-state index contributed by atoms with van der Waals surface area (Å²) >= 11 is 1.60. The van der Waals surface area contributed by atoms with Gasteiger partial charge in [0.1, 0.15) is 11.7 Å². The zero-order valence-electron chi connectivity index (χ0n) is 9.65. The number of rotatable bonds is 5. The number of nitrogen functional groups attached to an aromatic ring is 1. The molecule has 0 aliphatic rings. The van der Waals surface area contributed by atoms with Gasteiger partial charge in [-0.25, -0.2) is 4.39 Å². The minimum absolute atomic E-state index is 0.118. The second-order valence-electron chi connectivity index (χ2n) is 3.76. The van der Waals surface area contributed by atoms with E-state index in [0.29, 0.717) is 12.2 Å². The normalized spacial score (nSPS) is 10.5. The van der Waals surface area contributed by atoms with Gasteiger partial charge in [-0.2, -0.15) is 0 Å². The highest BCUT2D eigenvalue weighted by Gasteiger charge is 2.10. The molecule has 0 saturated carbocycles. The van der Waals surface area contributed by atoms with Crippen LogP contribution in [0.4, 0.5) is 4.39 Å². The van der Waals surface area contributed by atoms with Gasteiger partial charge >= 0.3 is 0 Å². The predicted octanol–water partition coefficient (Wildman–Crippen LogP) is 2.89. The standard InChI is InChI=1S/C13H13FN2OS/c14-12-9(3-1-5-11(12)13(15)16)7-17-8-10-4-2-6-18-10/h1-6H,7-8H2,(H3,15,16). The summed E-state index contributed by atoms with van der Waals surface area (Å²) < 4.78 is 19.3. The summed E-state index contributed by atoms with van der Waals surface area (Å²) in [6.45, 7) is 0.631. The Hall–Kier alpha value is -1.72. The van der Waals surface area contributed by atoms with E-state index in [4.69, 9.17) is 15.9 Å². The Kier molecular flexibility index (Phi) is 4.07. The van der Waals surface area contributed by atoms with Crippen molar-refractivity contribution in [3.05, 3.63) is 57.5 Å². The fourth-order valence-corrected chi connectivity index (χ4v) is 2.20. The minimum atomic E-state index is -0.476. The molecule has 0 amide bonds. The van der Waals surface area contributed by atoms with Crippen LogP contribution in [0.15, 0.2) is 35.7 Å². The van der Waals surface area contributed by atoms with Crippen LogP contribution < -0.4 is 5.73 Å². The Morgan fingerprint density at radius 1 is 1.28 bits per heavy atom. The van der Waals surface area contributed by atoms with Gasteiger partial charge in [-0.3, -0.25) is 5.41 Å². The Morgan fingerprint density at radius 3 is 2.78 bits per heavy atom. The van der Waals surface area contributed by atoms with E-state index in [1.54, 1.807) is 23.5 Å². The van der Waals surface area contributed by atoms with E-state index in [9.17, 15) is 4.39 Å². The maximum Gasteiger partial charge on any atom is 0.139 e. The van der Waals surface area contributed by atoms with Crippen LogP contribution in [0.25, 0.3) is 0 Å². The average molecular weight is 264 g/mol. The molecule has 0 aliphatic heterocycles. The van der Waals surface area contributed by atoms with E-state index >= 15 is 0 Å². The van der Waals surface area contributed by atoms with Crippen LogP contribution >= 0.6 is 11.3 Å². The summed E-state index contributed by atoms with van der Waals surface area (Å²) in [4.78, 5) is 1.10. The van der Waals surface area contributed by atoms with Crippen LogP contribution in [0.5, 0.6) is 0 Å². The summed E-state index contributed by atoms with van der Waals surface area (Å²) in [5.74, 6) is -0.746. The molecule has 3 N–H and O–H groups in total. The van der Waals surface area contributed by atoms with Crippen LogP contribution in [-0.2, 0) is 18.0 Å². The Bertz CT molecular complexity index is 540. The fraction of sp³-hybridized carbons (Fsp3) is 0.154. The molecule has 1 heterocycles. The van der Waals surface area contributed by atoms with Gasteiger partial charge in [-0.1, -0.05) is 18.2 Å². The summed E-state index contributed by atoms with van der Waals surface area (Å²) in [6, 6.07) is 8.70. The van der Waals surface area contributed by atoms with Crippen molar-refractivity contribution in [2.75, 3.05) is 0 Å². The van der Waals surface area contributed by atoms with Gasteiger partial charge in [-0.05, 0) is 17.5 Å². The molecular weight excluding hydrogens is 251 g/mol. The molecule has 1 aromatic heterocycles. The number of ether oxygens (including phenoxy) is 1. The summed E-state index contributed by atoms with van der Waals surface area (Å²) in [7, 11) is 0. The lowest BCUT2D eigenvalue weighted by Gasteiger charge is -2.07. The van der Waals surface area contributed by atoms with Gasteiger partial charge in [0.05, 0.1) is 18.8 Å². The lowest BCUT2D eigenvalue weighted by atomic mass is 10.1. The van der Waals surface area contributed by atoms with Gasteiger partial charge in [0, 0.05) is 10.4 Å². The van der Waals surface area contributed by atoms with E-state index in [-0.39, 0.29) is 18.0 Å². The molecule has 0 aliphatic carbocycles. The molecule has 1 aromatic carbocycles. The second kappa shape index (κ2) is 5.75. The molecule has 0 saturated heterocycles. The van der Waals surface area contributed by atoms with Crippen LogP contribution in [-0.4, -0.2) is 5.84 Å². The number of halogens is 1. The molecule has 0 spiro atoms. The fourth-order valence-electron chi connectivity index (χ4n) is 1.56. The highest BCUT2D eigenvalue weighted by atomic mass is 32.1. The minimum Gasteiger partial charge on any atom is -0.384 e. The molecule has 0 fully saturated rings. The van der Waals surface area contributed by atoms with E-state index in [2.05, 4.69) is 0 Å². The monoisotopic (exact) mass is 264 g/mol. The molecule has 0 radical (unpaired) electrons. The summed E-state index contributed by atoms with van der Waals surface area (Å²) in [5.41, 5.74) is 5.83. The van der Waals surface area contributed by atoms with Gasteiger partial charge in [0.2, 0.25) is 0 Å². The molecule has 0 unspecified atom stereocenters. The second-order valence-corrected chi connectivity index (χ2v) is 4.80. The van der Waals surface area contributed by atoms with Gasteiger partial charge < -0.3 is 10.5 Å². The third-order valence-electron chi connectivity index (χ3n) is 2.45. The molecule has 3 nitrogen and oxygen atoms in total. The SMILES string of the molecule is N=C(N)c1cccc(COCc2cccs2)c1F. The van der Waals surface area contributed by atoms with Crippen molar-refractivity contribution in [3.63, 3.8) is 0 Å². The Morgan fingerprint density at radius 2 is 2.11 bits per heavy atom. The van der Waals surface area contributed by atoms with Gasteiger partial charge in [0.25, 0.3) is 0 Å². The van der Waals surface area contributed by atoms with Gasteiger partial charge in [-0.15, -0.1) is 11.3 Å². The Balaban J connectivity index is 2.01. The smallest absolute Gasteiger partial charge is 0.139 e. The zero-order valence-corrected chi connectivity index (χ0v) is 10.5. The topological polar surface area (TPSA) is 59.1 Å². The molecular formula is C13H13FN2OS. The van der Waals surface area contributed by atoms with E-state index < -0.39 is 5.82 Å². The van der Waals surface area contributed by atoms with E-state index in [0.717, 1.165) is 4.88 Å². The number of amidine groups is 1. The van der Waals surface area contributed by atoms with Crippen molar-refractivity contribution in [3.8, 4) is 0 Å². The number of nitrogens with two attached hydrogens (primary N) is 1. The van der Waals surface area contributed by atoms with Crippen molar-refractivity contribution in [2.45, 2.75) is 13.2 Å². The highest BCUT2D eigenvalue weighted by Crippen LogP contribution is 2.15. The average Bonchev–Trinajstić information content (AvgIpc) is 2.84. The first-order valence-electron chi connectivity index (χ1n) is 5.40. The van der Waals surface area contributed by atoms with Crippen molar-refractivity contribution < 1.29 is 9.13 Å². The van der Waals surface area contributed by atoms with E-state index in [1.807, 2.05) is 17.5 Å². The Labute approximate surface area is 109 Å². The van der Waals surface area contributed by atoms with Crippen LogP contribution in [0, 0.1) is 11.2 Å². The molecule has 0 atom stereocenters. The number of benzene rings is 1. The number of hydrogen-bond acceptors (Lipinski definition) is 3. The van der Waals surface area contributed by atoms with Crippen LogP contribution in [0.3, 0.4) is 0 Å². The van der Waals surface area contributed by atoms with Crippen molar-refractivity contribution in [1.82, 2.24) is 0 Å². The third kappa shape index (κ3) is 2.94. The predicted molar refractivity (Wildman–Crippen MR) is 70.2 cm³/mol. The van der Waals surface area contributed by atoms with Crippen molar-refractivity contribution in [1.29, 1.82) is 5.41 Å². The third-order valence-corrected chi connectivity index (χ3v) is 3.30. The maximum absolute atomic E-state index is 13.9. The molecule has 5 heteroatoms. The highest BCUT2D eigenvalue weighted by molar-refractivity contribution is 7.09. The molecule has 0 bridgehead atoms. The number of nitrogens with one attached hydrogen (secondary N) is 1. The van der Waals surface area contributed by atoms with Gasteiger partial charge in [0.15, 0.2) is 0 Å². The maximum atomic E-state index is 13.9. The quantitative estimate of drug-likeness (QED) is 0.644. The van der Waals surface area contributed by atoms with Crippen LogP contribution in [0.1, 0.15) is 16.0 Å². The summed E-state index contributed by atoms with van der Waals surface area (Å²) in [5, 5.41) is 9.23. The molecule has 2 rings (SSSR count). The molecule has 2 aromatic rings. The van der Waals surface area contributed by atoms with E-state index in [1.165, 1.54) is 6.07 Å². The first-order valence-corrected chi connectivity index (χ1v) is 6.28. The number of thiophene rings is 1. The molecule has 94 valence electrons.